The van der Waals surface area contributed by atoms with Crippen LogP contribution in [0.15, 0.2) is 46.9 Å². The van der Waals surface area contributed by atoms with Gasteiger partial charge in [0.2, 0.25) is 0 Å². The van der Waals surface area contributed by atoms with Crippen LogP contribution in [0, 0.1) is 13.8 Å². The maximum absolute atomic E-state index is 13.0. The van der Waals surface area contributed by atoms with Gasteiger partial charge in [0.1, 0.15) is 0 Å². The normalized spacial score (nSPS) is 13.9. The quantitative estimate of drug-likeness (QED) is 0.328. The maximum atomic E-state index is 13.0. The van der Waals surface area contributed by atoms with Crippen molar-refractivity contribution < 1.29 is 9.59 Å². The van der Waals surface area contributed by atoms with E-state index in [1.54, 1.807) is 0 Å². The molecule has 0 unspecified atom stereocenters. The van der Waals surface area contributed by atoms with Crippen LogP contribution in [-0.4, -0.2) is 47.9 Å². The minimum atomic E-state index is -0.153. The van der Waals surface area contributed by atoms with E-state index in [2.05, 4.69) is 50.3 Å². The van der Waals surface area contributed by atoms with Crippen LogP contribution in [0.1, 0.15) is 46.7 Å². The van der Waals surface area contributed by atoms with Gasteiger partial charge in [0.25, 0.3) is 11.8 Å². The molecule has 1 aliphatic rings. The van der Waals surface area contributed by atoms with E-state index in [-0.39, 0.29) is 11.8 Å². The summed E-state index contributed by atoms with van der Waals surface area (Å²) in [7, 11) is 0. The van der Waals surface area contributed by atoms with E-state index in [1.807, 2.05) is 62.4 Å². The minimum Gasteiger partial charge on any atom is -0.358 e. The van der Waals surface area contributed by atoms with Crippen LogP contribution in [0.25, 0.3) is 22.8 Å². The van der Waals surface area contributed by atoms with E-state index in [0.29, 0.717) is 17.7 Å². The van der Waals surface area contributed by atoms with Crippen molar-refractivity contribution in [2.75, 3.05) is 31.5 Å². The van der Waals surface area contributed by atoms with E-state index < -0.39 is 0 Å². The summed E-state index contributed by atoms with van der Waals surface area (Å²) in [5.41, 5.74) is 7.24. The standard InChI is InChI=1S/C28H31BrN4O2/c1-5-33(6-2)14-13-30-28(35)25-17(3)24(31-18(25)4)16-22-26-21(19-9-7-10-20(29)15-19)11-8-12-23(26)32-27(22)34/h7-12,15-16,31H,5-6,13-14H2,1-4H3,(H,30,35)(H,32,34)/b22-16-. The number of nitrogens with one attached hydrogen (secondary N) is 3. The van der Waals surface area contributed by atoms with Gasteiger partial charge < -0.3 is 20.5 Å². The third kappa shape index (κ3) is 5.11. The fourth-order valence-corrected chi connectivity index (χ4v) is 5.04. The summed E-state index contributed by atoms with van der Waals surface area (Å²) >= 11 is 3.55. The van der Waals surface area contributed by atoms with Crippen LogP contribution >= 0.6 is 15.9 Å². The number of amides is 2. The Bertz CT molecular complexity index is 1300. The van der Waals surface area contributed by atoms with Crippen molar-refractivity contribution in [3.63, 3.8) is 0 Å². The molecule has 6 nitrogen and oxygen atoms in total. The molecule has 0 fully saturated rings. The molecule has 0 saturated heterocycles. The van der Waals surface area contributed by atoms with Gasteiger partial charge in [0, 0.05) is 40.2 Å². The van der Waals surface area contributed by atoms with Crippen molar-refractivity contribution in [3.8, 4) is 11.1 Å². The highest BCUT2D eigenvalue weighted by Crippen LogP contribution is 2.41. The Balaban J connectivity index is 1.67. The van der Waals surface area contributed by atoms with Crippen LogP contribution in [0.4, 0.5) is 5.69 Å². The number of likely N-dealkylation sites (N-methyl/N-ethyl adjacent to an activating group) is 1. The average Bonchev–Trinajstić information content (AvgIpc) is 3.31. The number of H-pyrrole nitrogens is 1. The number of hydrogen-bond acceptors (Lipinski definition) is 3. The molecular formula is C28H31BrN4O2. The van der Waals surface area contributed by atoms with Crippen LogP contribution in [0.5, 0.6) is 0 Å². The number of carbonyl (C=O) groups is 2. The van der Waals surface area contributed by atoms with E-state index in [1.165, 1.54) is 0 Å². The average molecular weight is 535 g/mol. The number of halogens is 1. The molecule has 0 bridgehead atoms. The smallest absolute Gasteiger partial charge is 0.256 e. The molecule has 4 rings (SSSR count). The Kier molecular flexibility index (Phi) is 7.57. The number of fused-ring (bicyclic) bond motifs is 1. The highest BCUT2D eigenvalue weighted by molar-refractivity contribution is 9.10. The Labute approximate surface area is 214 Å². The number of nitrogens with zero attached hydrogens (tertiary/aromatic N) is 1. The summed E-state index contributed by atoms with van der Waals surface area (Å²) in [6.45, 7) is 11.4. The molecule has 2 amide bonds. The van der Waals surface area contributed by atoms with Gasteiger partial charge >= 0.3 is 0 Å². The first-order valence-electron chi connectivity index (χ1n) is 12.0. The van der Waals surface area contributed by atoms with Crippen molar-refractivity contribution >= 4 is 45.1 Å². The lowest BCUT2D eigenvalue weighted by atomic mass is 9.94. The van der Waals surface area contributed by atoms with Crippen molar-refractivity contribution in [3.05, 3.63) is 75.0 Å². The first-order chi connectivity index (χ1) is 16.8. The molecular weight excluding hydrogens is 504 g/mol. The second kappa shape index (κ2) is 10.6. The first-order valence-corrected chi connectivity index (χ1v) is 12.7. The van der Waals surface area contributed by atoms with Gasteiger partial charge in [0.15, 0.2) is 0 Å². The van der Waals surface area contributed by atoms with E-state index in [9.17, 15) is 9.59 Å². The summed E-state index contributed by atoms with van der Waals surface area (Å²) in [6.07, 6.45) is 1.86. The minimum absolute atomic E-state index is 0.0980. The summed E-state index contributed by atoms with van der Waals surface area (Å²) in [4.78, 5) is 31.6. The molecule has 7 heteroatoms. The number of aromatic nitrogens is 1. The van der Waals surface area contributed by atoms with Gasteiger partial charge in [-0.2, -0.15) is 0 Å². The van der Waals surface area contributed by atoms with Crippen molar-refractivity contribution in [1.29, 1.82) is 0 Å². The maximum Gasteiger partial charge on any atom is 0.256 e. The fourth-order valence-electron chi connectivity index (χ4n) is 4.64. The summed E-state index contributed by atoms with van der Waals surface area (Å²) in [5, 5.41) is 6.03. The Morgan fingerprint density at radius 3 is 2.57 bits per heavy atom. The number of rotatable bonds is 8. The van der Waals surface area contributed by atoms with Crippen LogP contribution in [-0.2, 0) is 4.79 Å². The summed E-state index contributed by atoms with van der Waals surface area (Å²) < 4.78 is 0.975. The van der Waals surface area contributed by atoms with E-state index in [4.69, 9.17) is 0 Å². The van der Waals surface area contributed by atoms with Gasteiger partial charge in [-0.05, 0) is 67.9 Å². The first kappa shape index (κ1) is 24.9. The predicted octanol–water partition coefficient (Wildman–Crippen LogP) is 5.63. The van der Waals surface area contributed by atoms with Crippen LogP contribution < -0.4 is 10.6 Å². The molecule has 35 heavy (non-hydrogen) atoms. The number of aromatic amines is 1. The largest absolute Gasteiger partial charge is 0.358 e. The van der Waals surface area contributed by atoms with Gasteiger partial charge in [-0.3, -0.25) is 9.59 Å². The number of benzene rings is 2. The molecule has 3 N–H and O–H groups in total. The molecule has 0 saturated carbocycles. The van der Waals surface area contributed by atoms with Crippen LogP contribution in [0.3, 0.4) is 0 Å². The van der Waals surface area contributed by atoms with Crippen molar-refractivity contribution in [2.24, 2.45) is 0 Å². The molecule has 2 aromatic carbocycles. The molecule has 182 valence electrons. The van der Waals surface area contributed by atoms with Crippen molar-refractivity contribution in [2.45, 2.75) is 27.7 Å². The Morgan fingerprint density at radius 1 is 1.11 bits per heavy atom. The summed E-state index contributed by atoms with van der Waals surface area (Å²) in [6, 6.07) is 13.9. The Hall–Kier alpha value is -3.16. The Morgan fingerprint density at radius 2 is 1.86 bits per heavy atom. The molecule has 0 spiro atoms. The lowest BCUT2D eigenvalue weighted by Crippen LogP contribution is -2.35. The lowest BCUT2D eigenvalue weighted by molar-refractivity contribution is -0.110. The second-order valence-corrected chi connectivity index (χ2v) is 9.61. The lowest BCUT2D eigenvalue weighted by Gasteiger charge is -2.18. The van der Waals surface area contributed by atoms with Gasteiger partial charge in [-0.15, -0.1) is 0 Å². The van der Waals surface area contributed by atoms with E-state index >= 15 is 0 Å². The van der Waals surface area contributed by atoms with Gasteiger partial charge in [-0.25, -0.2) is 0 Å². The highest BCUT2D eigenvalue weighted by Gasteiger charge is 2.28. The molecule has 1 aliphatic heterocycles. The molecule has 2 heterocycles. The molecule has 0 radical (unpaired) electrons. The molecule has 0 aliphatic carbocycles. The number of hydrogen-bond donors (Lipinski definition) is 3. The predicted molar refractivity (Wildman–Crippen MR) is 146 cm³/mol. The molecule has 3 aromatic rings. The van der Waals surface area contributed by atoms with E-state index in [0.717, 1.165) is 63.4 Å². The van der Waals surface area contributed by atoms with Crippen LogP contribution in [0.2, 0.25) is 0 Å². The van der Waals surface area contributed by atoms with Crippen molar-refractivity contribution in [1.82, 2.24) is 15.2 Å². The number of anilines is 1. The van der Waals surface area contributed by atoms with Gasteiger partial charge in [-0.1, -0.05) is 54.0 Å². The fraction of sp³-hybridized carbons (Fsp3) is 0.286. The SMILES string of the molecule is CCN(CC)CCNC(=O)c1c(C)[nH]c(/C=C2\C(=O)Nc3cccc(-c4cccc(Br)c4)c32)c1C. The number of carbonyl (C=O) groups excluding carboxylic acids is 2. The second-order valence-electron chi connectivity index (χ2n) is 8.70. The highest BCUT2D eigenvalue weighted by atomic mass is 79.9. The molecule has 0 atom stereocenters. The molecule has 1 aromatic heterocycles. The third-order valence-electron chi connectivity index (χ3n) is 6.56. The summed E-state index contributed by atoms with van der Waals surface area (Å²) in [5.74, 6) is -0.251. The monoisotopic (exact) mass is 534 g/mol. The zero-order valence-corrected chi connectivity index (χ0v) is 22.2. The number of aryl methyl sites for hydroxylation is 1. The van der Waals surface area contributed by atoms with Gasteiger partial charge in [0.05, 0.1) is 11.1 Å². The zero-order chi connectivity index (χ0) is 25.1. The zero-order valence-electron chi connectivity index (χ0n) is 20.6. The third-order valence-corrected chi connectivity index (χ3v) is 7.06. The topological polar surface area (TPSA) is 77.2 Å².